The van der Waals surface area contributed by atoms with Gasteiger partial charge in [-0.25, -0.2) is 0 Å². The molecule has 0 aliphatic heterocycles. The zero-order valence-electron chi connectivity index (χ0n) is 15.5. The maximum atomic E-state index is 13.1. The Bertz CT molecular complexity index is 1360. The molecule has 8 heteroatoms. The van der Waals surface area contributed by atoms with Crippen molar-refractivity contribution in [1.82, 2.24) is 19.6 Å². The van der Waals surface area contributed by atoms with Crippen LogP contribution in [-0.4, -0.2) is 19.6 Å². The summed E-state index contributed by atoms with van der Waals surface area (Å²) in [5.74, 6) is 0. The van der Waals surface area contributed by atoms with E-state index in [9.17, 15) is 4.79 Å². The Hall–Kier alpha value is -4.43. The van der Waals surface area contributed by atoms with Gasteiger partial charge >= 0.3 is 0 Å². The lowest BCUT2D eigenvalue weighted by atomic mass is 10.1. The highest BCUT2D eigenvalue weighted by atomic mass is 16.1. The molecule has 2 aromatic heterocycles. The zero-order chi connectivity index (χ0) is 20.4. The Kier molecular flexibility index (Phi) is 4.52. The molecule has 0 aliphatic carbocycles. The van der Waals surface area contributed by atoms with Gasteiger partial charge in [-0.05, 0) is 37.3 Å². The minimum atomic E-state index is -0.206. The van der Waals surface area contributed by atoms with Crippen LogP contribution in [0.2, 0.25) is 0 Å². The van der Waals surface area contributed by atoms with Gasteiger partial charge in [0.25, 0.3) is 5.56 Å². The number of nitrogens with zero attached hydrogens (tertiary/aromatic N) is 6. The van der Waals surface area contributed by atoms with Gasteiger partial charge in [-0.2, -0.15) is 10.5 Å². The SMILES string of the molecule is CCn1c(=O)c(-n2nc3ccccc3n2)cc2ccc(NC=C(C#N)C#N)cc21. The maximum absolute atomic E-state index is 13.1. The van der Waals surface area contributed by atoms with Gasteiger partial charge in [0.05, 0.1) is 5.52 Å². The average Bonchev–Trinajstić information content (AvgIpc) is 3.18. The fraction of sp³-hybridized carbons (Fsp3) is 0.0952. The predicted molar refractivity (Wildman–Crippen MR) is 109 cm³/mol. The minimum absolute atomic E-state index is 0.0369. The molecule has 0 saturated heterocycles. The molecule has 4 aromatic rings. The van der Waals surface area contributed by atoms with E-state index in [-0.39, 0.29) is 11.1 Å². The first-order valence-corrected chi connectivity index (χ1v) is 8.91. The number of benzene rings is 2. The molecule has 0 aliphatic rings. The van der Waals surface area contributed by atoms with E-state index in [0.29, 0.717) is 29.0 Å². The highest BCUT2D eigenvalue weighted by Crippen LogP contribution is 2.21. The van der Waals surface area contributed by atoms with Crippen molar-refractivity contribution in [3.8, 4) is 17.8 Å². The third kappa shape index (κ3) is 3.20. The fourth-order valence-electron chi connectivity index (χ4n) is 3.12. The van der Waals surface area contributed by atoms with E-state index in [1.807, 2.05) is 43.3 Å². The van der Waals surface area contributed by atoms with Crippen LogP contribution < -0.4 is 10.9 Å². The molecule has 8 nitrogen and oxygen atoms in total. The van der Waals surface area contributed by atoms with Crippen LogP contribution in [-0.2, 0) is 6.54 Å². The van der Waals surface area contributed by atoms with Crippen LogP contribution in [0.4, 0.5) is 5.69 Å². The highest BCUT2D eigenvalue weighted by Gasteiger charge is 2.13. The van der Waals surface area contributed by atoms with E-state index in [0.717, 1.165) is 10.9 Å². The number of nitriles is 2. The number of anilines is 1. The molecule has 0 unspecified atom stereocenters. The summed E-state index contributed by atoms with van der Waals surface area (Å²) in [5.41, 5.74) is 2.95. The van der Waals surface area contributed by atoms with Gasteiger partial charge in [0.2, 0.25) is 0 Å². The largest absolute Gasteiger partial charge is 0.360 e. The van der Waals surface area contributed by atoms with Gasteiger partial charge < -0.3 is 9.88 Å². The number of aromatic nitrogens is 4. The summed E-state index contributed by atoms with van der Waals surface area (Å²) < 4.78 is 1.64. The number of pyridine rings is 1. The topological polar surface area (TPSA) is 112 Å². The lowest BCUT2D eigenvalue weighted by Crippen LogP contribution is -2.25. The molecule has 0 radical (unpaired) electrons. The molecular weight excluding hydrogens is 366 g/mol. The Morgan fingerprint density at radius 3 is 2.41 bits per heavy atom. The Morgan fingerprint density at radius 2 is 1.79 bits per heavy atom. The quantitative estimate of drug-likeness (QED) is 0.544. The van der Waals surface area contributed by atoms with Crippen molar-refractivity contribution in [1.29, 1.82) is 10.5 Å². The van der Waals surface area contributed by atoms with Gasteiger partial charge in [0.15, 0.2) is 5.69 Å². The standard InChI is InChI=1S/C21H15N7O/c1-2-27-19-10-16(24-13-14(11-22)12-23)8-7-15(19)9-20(21(27)29)28-25-17-5-3-4-6-18(17)26-28/h3-10,13,24H,2H2,1H3. The number of fused-ring (bicyclic) bond motifs is 2. The van der Waals surface area contributed by atoms with Crippen molar-refractivity contribution >= 4 is 27.6 Å². The van der Waals surface area contributed by atoms with Gasteiger partial charge in [-0.3, -0.25) is 4.79 Å². The highest BCUT2D eigenvalue weighted by molar-refractivity contribution is 5.84. The van der Waals surface area contributed by atoms with Crippen LogP contribution in [0.25, 0.3) is 27.6 Å². The Labute approximate surface area is 165 Å². The van der Waals surface area contributed by atoms with Crippen molar-refractivity contribution in [3.05, 3.63) is 70.7 Å². The van der Waals surface area contributed by atoms with Crippen LogP contribution in [0.15, 0.2) is 65.1 Å². The van der Waals surface area contributed by atoms with Gasteiger partial charge in [-0.1, -0.05) is 18.2 Å². The summed E-state index contributed by atoms with van der Waals surface area (Å²) in [6.45, 7) is 2.35. The number of hydrogen-bond donors (Lipinski definition) is 1. The minimum Gasteiger partial charge on any atom is -0.360 e. The normalized spacial score (nSPS) is 10.4. The van der Waals surface area contributed by atoms with Crippen LogP contribution in [0.3, 0.4) is 0 Å². The number of hydrogen-bond acceptors (Lipinski definition) is 6. The van der Waals surface area contributed by atoms with E-state index < -0.39 is 0 Å². The summed E-state index contributed by atoms with van der Waals surface area (Å²) in [5, 5.41) is 30.3. The lowest BCUT2D eigenvalue weighted by molar-refractivity contribution is 0.708. The second-order valence-electron chi connectivity index (χ2n) is 6.26. The van der Waals surface area contributed by atoms with Gasteiger partial charge in [0.1, 0.15) is 28.7 Å². The second kappa shape index (κ2) is 7.29. The van der Waals surface area contributed by atoms with Crippen molar-refractivity contribution in [2.75, 3.05) is 5.32 Å². The first kappa shape index (κ1) is 18.0. The number of allylic oxidation sites excluding steroid dienone is 1. The van der Waals surface area contributed by atoms with Gasteiger partial charge in [0, 0.05) is 23.8 Å². The molecular formula is C21H15N7O. The molecule has 0 amide bonds. The van der Waals surface area contributed by atoms with Crippen LogP contribution in [0, 0.1) is 22.7 Å². The van der Waals surface area contributed by atoms with Crippen molar-refractivity contribution in [2.45, 2.75) is 13.5 Å². The molecule has 0 spiro atoms. The molecule has 0 fully saturated rings. The summed E-state index contributed by atoms with van der Waals surface area (Å²) >= 11 is 0. The smallest absolute Gasteiger partial charge is 0.278 e. The van der Waals surface area contributed by atoms with E-state index in [1.165, 1.54) is 11.0 Å². The monoisotopic (exact) mass is 381 g/mol. The van der Waals surface area contributed by atoms with Crippen LogP contribution in [0.5, 0.6) is 0 Å². The number of rotatable bonds is 4. The average molecular weight is 381 g/mol. The molecule has 0 bridgehead atoms. The van der Waals surface area contributed by atoms with E-state index in [2.05, 4.69) is 15.5 Å². The summed E-state index contributed by atoms with van der Waals surface area (Å²) in [4.78, 5) is 14.5. The Balaban J connectivity index is 1.85. The molecule has 4 rings (SSSR count). The molecule has 1 N–H and O–H groups in total. The fourth-order valence-corrected chi connectivity index (χ4v) is 3.12. The molecule has 140 valence electrons. The zero-order valence-corrected chi connectivity index (χ0v) is 15.5. The number of aryl methyl sites for hydroxylation is 1. The van der Waals surface area contributed by atoms with Crippen molar-refractivity contribution in [2.24, 2.45) is 0 Å². The van der Waals surface area contributed by atoms with E-state index in [4.69, 9.17) is 10.5 Å². The third-order valence-electron chi connectivity index (χ3n) is 4.52. The maximum Gasteiger partial charge on any atom is 0.278 e. The molecule has 2 aromatic carbocycles. The van der Waals surface area contributed by atoms with Crippen LogP contribution in [0.1, 0.15) is 6.92 Å². The lowest BCUT2D eigenvalue weighted by Gasteiger charge is -2.12. The van der Waals surface area contributed by atoms with Gasteiger partial charge in [-0.15, -0.1) is 15.0 Å². The van der Waals surface area contributed by atoms with Crippen molar-refractivity contribution < 1.29 is 0 Å². The predicted octanol–water partition coefficient (Wildman–Crippen LogP) is 3.10. The summed E-state index contributed by atoms with van der Waals surface area (Å²) in [6.07, 6.45) is 1.34. The number of nitrogens with one attached hydrogen (secondary N) is 1. The van der Waals surface area contributed by atoms with Crippen LogP contribution >= 0.6 is 0 Å². The van der Waals surface area contributed by atoms with Crippen molar-refractivity contribution in [3.63, 3.8) is 0 Å². The summed E-state index contributed by atoms with van der Waals surface area (Å²) in [6, 6.07) is 18.3. The van der Waals surface area contributed by atoms with E-state index in [1.54, 1.807) is 28.8 Å². The molecule has 2 heterocycles. The summed E-state index contributed by atoms with van der Waals surface area (Å²) in [7, 11) is 0. The second-order valence-corrected chi connectivity index (χ2v) is 6.26. The first-order valence-electron chi connectivity index (χ1n) is 8.91. The Morgan fingerprint density at radius 1 is 1.10 bits per heavy atom. The molecule has 0 saturated carbocycles. The molecule has 0 atom stereocenters. The molecule has 29 heavy (non-hydrogen) atoms. The first-order chi connectivity index (χ1) is 14.1. The van der Waals surface area contributed by atoms with E-state index >= 15 is 0 Å². The third-order valence-corrected chi connectivity index (χ3v) is 4.52.